The molecule has 0 amide bonds. The van der Waals surface area contributed by atoms with E-state index in [0.717, 1.165) is 32.5 Å². The van der Waals surface area contributed by atoms with Crippen LogP contribution in [0.5, 0.6) is 0 Å². The summed E-state index contributed by atoms with van der Waals surface area (Å²) < 4.78 is 10.0. The van der Waals surface area contributed by atoms with Gasteiger partial charge in [0.05, 0.1) is 7.11 Å². The first kappa shape index (κ1) is 15.4. The van der Waals surface area contributed by atoms with Crippen LogP contribution in [0, 0.1) is 5.92 Å². The molecule has 1 atom stereocenters. The van der Waals surface area contributed by atoms with Gasteiger partial charge in [-0.2, -0.15) is 0 Å². The normalized spacial score (nSPS) is 21.6. The summed E-state index contributed by atoms with van der Waals surface area (Å²) in [5.74, 6) is 0.453. The fourth-order valence-corrected chi connectivity index (χ4v) is 2.47. The van der Waals surface area contributed by atoms with Crippen molar-refractivity contribution in [3.05, 3.63) is 0 Å². The van der Waals surface area contributed by atoms with Gasteiger partial charge in [0.15, 0.2) is 0 Å². The lowest BCUT2D eigenvalue weighted by Gasteiger charge is -2.37. The second-order valence-electron chi connectivity index (χ2n) is 5.25. The van der Waals surface area contributed by atoms with Crippen molar-refractivity contribution in [1.29, 1.82) is 0 Å². The topological polar surface area (TPSA) is 50.8 Å². The number of piperidine rings is 1. The highest BCUT2D eigenvalue weighted by Gasteiger charge is 2.35. The molecule has 1 aliphatic rings. The minimum absolute atomic E-state index is 0.205. The molecule has 0 aliphatic carbocycles. The lowest BCUT2D eigenvalue weighted by molar-refractivity contribution is -0.148. The first-order valence-electron chi connectivity index (χ1n) is 6.54. The smallest absolute Gasteiger partial charge is 0.327 e. The average Bonchev–Trinajstić information content (AvgIpc) is 2.40. The third-order valence-corrected chi connectivity index (χ3v) is 3.84. The van der Waals surface area contributed by atoms with Crippen LogP contribution in [0.4, 0.5) is 0 Å². The van der Waals surface area contributed by atoms with Crippen molar-refractivity contribution in [3.8, 4) is 0 Å². The van der Waals surface area contributed by atoms with Crippen LogP contribution >= 0.6 is 0 Å². The predicted molar refractivity (Wildman–Crippen MR) is 70.5 cm³/mol. The Balaban J connectivity index is 2.45. The Labute approximate surface area is 110 Å². The van der Waals surface area contributed by atoms with Gasteiger partial charge in [-0.25, -0.2) is 0 Å². The van der Waals surface area contributed by atoms with Crippen LogP contribution in [-0.4, -0.2) is 63.9 Å². The number of hydrogen-bond donors (Lipinski definition) is 1. The van der Waals surface area contributed by atoms with Gasteiger partial charge < -0.3 is 19.7 Å². The van der Waals surface area contributed by atoms with Gasteiger partial charge in [-0.05, 0) is 45.8 Å². The van der Waals surface area contributed by atoms with E-state index < -0.39 is 5.54 Å². The van der Waals surface area contributed by atoms with Crippen LogP contribution in [-0.2, 0) is 14.3 Å². The Morgan fingerprint density at radius 1 is 1.39 bits per heavy atom. The summed E-state index contributed by atoms with van der Waals surface area (Å²) in [6.07, 6.45) is 2.27. The van der Waals surface area contributed by atoms with E-state index in [2.05, 4.69) is 10.2 Å². The molecule has 1 fully saturated rings. The first-order chi connectivity index (χ1) is 8.55. The highest BCUT2D eigenvalue weighted by Crippen LogP contribution is 2.19. The Morgan fingerprint density at radius 3 is 2.44 bits per heavy atom. The summed E-state index contributed by atoms with van der Waals surface area (Å²) in [4.78, 5) is 14.1. The molecule has 0 saturated carbocycles. The molecule has 0 aromatic carbocycles. The van der Waals surface area contributed by atoms with E-state index in [-0.39, 0.29) is 5.97 Å². The molecule has 0 aromatic heterocycles. The van der Waals surface area contributed by atoms with Crippen molar-refractivity contribution in [1.82, 2.24) is 10.2 Å². The molecule has 1 aliphatic heterocycles. The van der Waals surface area contributed by atoms with Crippen LogP contribution < -0.4 is 5.32 Å². The van der Waals surface area contributed by atoms with Crippen molar-refractivity contribution in [2.75, 3.05) is 47.5 Å². The van der Waals surface area contributed by atoms with Crippen LogP contribution in [0.2, 0.25) is 0 Å². The fraction of sp³-hybridized carbons (Fsp3) is 0.923. The number of rotatable bonds is 6. The number of nitrogens with zero attached hydrogens (tertiary/aromatic N) is 1. The molecule has 5 heteroatoms. The number of methoxy groups -OCH3 is 2. The second kappa shape index (κ2) is 7.07. The number of ether oxygens (including phenoxy) is 2. The highest BCUT2D eigenvalue weighted by molar-refractivity contribution is 5.80. The zero-order valence-electron chi connectivity index (χ0n) is 12.0. The number of nitrogens with one attached hydrogen (secondary N) is 1. The van der Waals surface area contributed by atoms with Crippen molar-refractivity contribution < 1.29 is 14.3 Å². The molecule has 1 rings (SSSR count). The third kappa shape index (κ3) is 3.93. The Bertz CT molecular complexity index is 265. The van der Waals surface area contributed by atoms with Crippen LogP contribution in [0.25, 0.3) is 0 Å². The molecule has 1 saturated heterocycles. The summed E-state index contributed by atoms with van der Waals surface area (Å²) in [6, 6.07) is 0. The lowest BCUT2D eigenvalue weighted by Crippen LogP contribution is -2.57. The zero-order valence-corrected chi connectivity index (χ0v) is 12.0. The average molecular weight is 258 g/mol. The molecule has 0 aromatic rings. The third-order valence-electron chi connectivity index (χ3n) is 3.84. The number of esters is 1. The van der Waals surface area contributed by atoms with Gasteiger partial charge >= 0.3 is 5.97 Å². The maximum absolute atomic E-state index is 11.8. The first-order valence-corrected chi connectivity index (χ1v) is 6.54. The van der Waals surface area contributed by atoms with E-state index in [1.807, 2.05) is 6.92 Å². The van der Waals surface area contributed by atoms with Crippen molar-refractivity contribution >= 4 is 5.97 Å². The summed E-state index contributed by atoms with van der Waals surface area (Å²) in [7, 11) is 4.99. The Hall–Kier alpha value is -0.650. The molecule has 1 N–H and O–H groups in total. The number of carbonyl (C=O) groups is 1. The zero-order chi connectivity index (χ0) is 13.6. The van der Waals surface area contributed by atoms with Crippen molar-refractivity contribution in [2.24, 2.45) is 5.92 Å². The molecule has 0 radical (unpaired) electrons. The number of likely N-dealkylation sites (N-methyl/N-ethyl adjacent to an activating group) is 1. The van der Waals surface area contributed by atoms with Gasteiger partial charge in [0.2, 0.25) is 0 Å². The fourth-order valence-electron chi connectivity index (χ4n) is 2.47. The maximum atomic E-state index is 11.8. The monoisotopic (exact) mass is 258 g/mol. The number of hydrogen-bond acceptors (Lipinski definition) is 5. The van der Waals surface area contributed by atoms with Crippen LogP contribution in [0.15, 0.2) is 0 Å². The standard InChI is InChI=1S/C13H26N2O3/c1-13(14-2,12(16)18-4)10-15-7-5-11(6-8-15)9-17-3/h11,14H,5-10H2,1-4H3. The van der Waals surface area contributed by atoms with Gasteiger partial charge in [-0.3, -0.25) is 4.79 Å². The second-order valence-corrected chi connectivity index (χ2v) is 5.25. The van der Waals surface area contributed by atoms with Crippen molar-refractivity contribution in [2.45, 2.75) is 25.3 Å². The lowest BCUT2D eigenvalue weighted by atomic mass is 9.95. The molecular formula is C13H26N2O3. The largest absolute Gasteiger partial charge is 0.468 e. The quantitative estimate of drug-likeness (QED) is 0.703. The van der Waals surface area contributed by atoms with E-state index in [0.29, 0.717) is 12.5 Å². The molecule has 0 spiro atoms. The van der Waals surface area contributed by atoms with Gasteiger partial charge in [0, 0.05) is 20.3 Å². The summed E-state index contributed by atoms with van der Waals surface area (Å²) >= 11 is 0. The van der Waals surface area contributed by atoms with Gasteiger partial charge in [-0.15, -0.1) is 0 Å². The maximum Gasteiger partial charge on any atom is 0.327 e. The van der Waals surface area contributed by atoms with Crippen LogP contribution in [0.3, 0.4) is 0 Å². The summed E-state index contributed by atoms with van der Waals surface area (Å²) in [6.45, 7) is 5.45. The Morgan fingerprint density at radius 2 is 2.00 bits per heavy atom. The van der Waals surface area contributed by atoms with E-state index in [4.69, 9.17) is 9.47 Å². The molecule has 106 valence electrons. The van der Waals surface area contributed by atoms with Gasteiger partial charge in [-0.1, -0.05) is 0 Å². The molecular weight excluding hydrogens is 232 g/mol. The van der Waals surface area contributed by atoms with E-state index in [9.17, 15) is 4.79 Å². The van der Waals surface area contributed by atoms with Crippen LogP contribution in [0.1, 0.15) is 19.8 Å². The molecule has 1 heterocycles. The SMILES string of the molecule is CNC(C)(CN1CCC(COC)CC1)C(=O)OC. The van der Waals surface area contributed by atoms with E-state index >= 15 is 0 Å². The summed E-state index contributed by atoms with van der Waals surface area (Å²) in [5, 5.41) is 3.07. The molecule has 1 unspecified atom stereocenters. The summed E-state index contributed by atoms with van der Waals surface area (Å²) in [5.41, 5.74) is -0.622. The molecule has 0 bridgehead atoms. The molecule has 5 nitrogen and oxygen atoms in total. The predicted octanol–water partition coefficient (Wildman–Crippen LogP) is 0.496. The van der Waals surface area contributed by atoms with E-state index in [1.54, 1.807) is 14.2 Å². The Kier molecular flexibility index (Phi) is 6.05. The van der Waals surface area contributed by atoms with Gasteiger partial charge in [0.25, 0.3) is 0 Å². The van der Waals surface area contributed by atoms with E-state index in [1.165, 1.54) is 7.11 Å². The van der Waals surface area contributed by atoms with Gasteiger partial charge in [0.1, 0.15) is 5.54 Å². The van der Waals surface area contributed by atoms with Crippen molar-refractivity contribution in [3.63, 3.8) is 0 Å². The number of carbonyl (C=O) groups excluding carboxylic acids is 1. The highest BCUT2D eigenvalue weighted by atomic mass is 16.5. The minimum Gasteiger partial charge on any atom is -0.468 e. The number of likely N-dealkylation sites (tertiary alicyclic amines) is 1. The minimum atomic E-state index is -0.622. The molecule has 18 heavy (non-hydrogen) atoms.